The molecular weight excluding hydrogens is 234 g/mol. The Balaban J connectivity index is 4.54. The van der Waals surface area contributed by atoms with Crippen LogP contribution in [-0.2, 0) is 14.0 Å². The molecule has 2 N–H and O–H groups in total. The average molecular weight is 261 g/mol. The van der Waals surface area contributed by atoms with Crippen molar-refractivity contribution >= 4 is 14.3 Å². The summed E-state index contributed by atoms with van der Waals surface area (Å²) in [5, 5.41) is 0.107. The number of hydrogen-bond acceptors (Lipinski definition) is 4. The Labute approximate surface area is 106 Å². The minimum Gasteiger partial charge on any atom is -0.465 e. The predicted octanol–water partition coefficient (Wildman–Crippen LogP) is 2.29. The number of carbonyl (C=O) groups is 1. The van der Waals surface area contributed by atoms with Gasteiger partial charge in [0.15, 0.2) is 8.32 Å². The lowest BCUT2D eigenvalue weighted by atomic mass is 10.2. The molecule has 0 aromatic heterocycles. The molecule has 0 aliphatic carbocycles. The molecule has 0 aliphatic rings. The summed E-state index contributed by atoms with van der Waals surface area (Å²) in [5.74, 6) is -0.390. The molecule has 2 atom stereocenters. The molecule has 0 aliphatic heterocycles. The summed E-state index contributed by atoms with van der Waals surface area (Å²) in [6.07, 6.45) is -0.310. The van der Waals surface area contributed by atoms with Crippen molar-refractivity contribution in [2.75, 3.05) is 6.61 Å². The summed E-state index contributed by atoms with van der Waals surface area (Å²) in [6.45, 7) is 14.7. The van der Waals surface area contributed by atoms with Crippen LogP contribution in [0.2, 0.25) is 18.1 Å². The van der Waals surface area contributed by atoms with Gasteiger partial charge in [0.25, 0.3) is 0 Å². The van der Waals surface area contributed by atoms with Gasteiger partial charge in [0.1, 0.15) is 6.04 Å². The fraction of sp³-hybridized carbons (Fsp3) is 0.917. The van der Waals surface area contributed by atoms with E-state index in [1.54, 1.807) is 6.92 Å². The van der Waals surface area contributed by atoms with Crippen LogP contribution in [0.3, 0.4) is 0 Å². The quantitative estimate of drug-likeness (QED) is 0.609. The minimum absolute atomic E-state index is 0.107. The molecule has 17 heavy (non-hydrogen) atoms. The second-order valence-corrected chi connectivity index (χ2v) is 10.6. The van der Waals surface area contributed by atoms with Crippen LogP contribution >= 0.6 is 0 Å². The van der Waals surface area contributed by atoms with E-state index in [1.807, 2.05) is 6.92 Å². The highest BCUT2D eigenvalue weighted by atomic mass is 28.4. The maximum Gasteiger partial charge on any atom is 0.325 e. The molecule has 0 amide bonds. The second-order valence-electron chi connectivity index (χ2n) is 5.86. The maximum atomic E-state index is 11.5. The normalized spacial score (nSPS) is 16.5. The van der Waals surface area contributed by atoms with E-state index in [9.17, 15) is 4.79 Å². The van der Waals surface area contributed by atoms with E-state index < -0.39 is 20.3 Å². The Bertz CT molecular complexity index is 261. The molecule has 0 bridgehead atoms. The zero-order valence-electron chi connectivity index (χ0n) is 12.2. The highest BCUT2D eigenvalue weighted by molar-refractivity contribution is 6.74. The molecule has 0 radical (unpaired) electrons. The van der Waals surface area contributed by atoms with Crippen LogP contribution in [0.15, 0.2) is 0 Å². The lowest BCUT2D eigenvalue weighted by Gasteiger charge is -2.39. The Morgan fingerprint density at radius 3 is 2.18 bits per heavy atom. The van der Waals surface area contributed by atoms with E-state index >= 15 is 0 Å². The Kier molecular flexibility index (Phi) is 5.84. The number of esters is 1. The van der Waals surface area contributed by atoms with Crippen molar-refractivity contribution in [2.24, 2.45) is 5.73 Å². The van der Waals surface area contributed by atoms with Gasteiger partial charge in [-0.2, -0.15) is 0 Å². The summed E-state index contributed by atoms with van der Waals surface area (Å²) in [7, 11) is -1.89. The van der Waals surface area contributed by atoms with Gasteiger partial charge in [-0.1, -0.05) is 20.8 Å². The van der Waals surface area contributed by atoms with Gasteiger partial charge >= 0.3 is 5.97 Å². The van der Waals surface area contributed by atoms with Crippen LogP contribution < -0.4 is 5.73 Å². The molecular formula is C12H27NO3Si. The van der Waals surface area contributed by atoms with Crippen LogP contribution in [0.4, 0.5) is 0 Å². The molecule has 0 saturated heterocycles. The first-order valence-corrected chi connectivity index (χ1v) is 9.03. The topological polar surface area (TPSA) is 61.5 Å². The van der Waals surface area contributed by atoms with E-state index in [1.165, 1.54) is 0 Å². The third-order valence-corrected chi connectivity index (χ3v) is 7.92. The summed E-state index contributed by atoms with van der Waals surface area (Å²) >= 11 is 0. The number of nitrogens with two attached hydrogens (primary N) is 1. The number of rotatable bonds is 5. The van der Waals surface area contributed by atoms with Gasteiger partial charge in [-0.25, -0.2) is 0 Å². The van der Waals surface area contributed by atoms with Crippen LogP contribution in [0.25, 0.3) is 0 Å². The van der Waals surface area contributed by atoms with Gasteiger partial charge in [-0.05, 0) is 32.0 Å². The number of carbonyl (C=O) groups excluding carboxylic acids is 1. The second kappa shape index (κ2) is 5.98. The van der Waals surface area contributed by atoms with Crippen molar-refractivity contribution in [3.8, 4) is 0 Å². The summed E-state index contributed by atoms with van der Waals surface area (Å²) < 4.78 is 10.9. The number of hydrogen-bond donors (Lipinski definition) is 1. The molecule has 0 aromatic rings. The van der Waals surface area contributed by atoms with Gasteiger partial charge < -0.3 is 14.9 Å². The van der Waals surface area contributed by atoms with Gasteiger partial charge in [-0.15, -0.1) is 0 Å². The lowest BCUT2D eigenvalue weighted by Crippen LogP contribution is -2.51. The molecule has 0 fully saturated rings. The molecule has 0 saturated carbocycles. The monoisotopic (exact) mass is 261 g/mol. The van der Waals surface area contributed by atoms with Crippen molar-refractivity contribution in [2.45, 2.75) is 64.9 Å². The maximum absolute atomic E-state index is 11.5. The molecule has 0 aromatic carbocycles. The first kappa shape index (κ1) is 16.6. The Hall–Kier alpha value is -0.393. The van der Waals surface area contributed by atoms with Crippen molar-refractivity contribution in [3.63, 3.8) is 0 Å². The zero-order chi connectivity index (χ0) is 13.9. The molecule has 0 rings (SSSR count). The van der Waals surface area contributed by atoms with Crippen molar-refractivity contribution in [1.82, 2.24) is 0 Å². The molecule has 0 spiro atoms. The van der Waals surface area contributed by atoms with Gasteiger partial charge in [0, 0.05) is 0 Å². The van der Waals surface area contributed by atoms with E-state index in [0.717, 1.165) is 0 Å². The van der Waals surface area contributed by atoms with Crippen molar-refractivity contribution < 1.29 is 14.0 Å². The smallest absolute Gasteiger partial charge is 0.325 e. The fourth-order valence-corrected chi connectivity index (χ4v) is 2.57. The fourth-order valence-electron chi connectivity index (χ4n) is 1.14. The number of ether oxygens (including phenoxy) is 1. The highest BCUT2D eigenvalue weighted by Gasteiger charge is 2.40. The molecule has 102 valence electrons. The molecule has 0 unspecified atom stereocenters. The summed E-state index contributed by atoms with van der Waals surface area (Å²) in [4.78, 5) is 11.5. The van der Waals surface area contributed by atoms with E-state index in [2.05, 4.69) is 33.9 Å². The van der Waals surface area contributed by atoms with Gasteiger partial charge in [0.05, 0.1) is 12.7 Å². The van der Waals surface area contributed by atoms with Crippen molar-refractivity contribution in [3.05, 3.63) is 0 Å². The zero-order valence-corrected chi connectivity index (χ0v) is 13.2. The van der Waals surface area contributed by atoms with Crippen LogP contribution in [0.5, 0.6) is 0 Å². The summed E-state index contributed by atoms with van der Waals surface area (Å²) in [6, 6.07) is -0.705. The first-order valence-electron chi connectivity index (χ1n) is 6.13. The van der Waals surface area contributed by atoms with Gasteiger partial charge in [0.2, 0.25) is 0 Å². The van der Waals surface area contributed by atoms with Crippen LogP contribution in [0, 0.1) is 0 Å². The molecule has 4 nitrogen and oxygen atoms in total. The van der Waals surface area contributed by atoms with E-state index in [-0.39, 0.29) is 11.1 Å². The van der Waals surface area contributed by atoms with Crippen LogP contribution in [-0.4, -0.2) is 33.0 Å². The standard InChI is InChI=1S/C12H27NO3Si/c1-8-15-11(14)10(13)9(2)16-17(6,7)12(3,4)5/h9-10H,8,13H2,1-7H3/t9-,10+/m1/s1. The SMILES string of the molecule is CCOC(=O)[C@@H](N)[C@@H](C)O[Si](C)(C)C(C)(C)C. The van der Waals surface area contributed by atoms with E-state index in [0.29, 0.717) is 6.61 Å². The van der Waals surface area contributed by atoms with Gasteiger partial charge in [-0.3, -0.25) is 4.79 Å². The predicted molar refractivity (Wildman–Crippen MR) is 72.4 cm³/mol. The highest BCUT2D eigenvalue weighted by Crippen LogP contribution is 2.37. The minimum atomic E-state index is -1.89. The largest absolute Gasteiger partial charge is 0.465 e. The van der Waals surface area contributed by atoms with Crippen LogP contribution in [0.1, 0.15) is 34.6 Å². The Morgan fingerprint density at radius 2 is 1.82 bits per heavy atom. The third-order valence-electron chi connectivity index (χ3n) is 3.35. The average Bonchev–Trinajstić information content (AvgIpc) is 2.14. The van der Waals surface area contributed by atoms with E-state index in [4.69, 9.17) is 14.9 Å². The molecule has 5 heteroatoms. The first-order chi connectivity index (χ1) is 7.53. The van der Waals surface area contributed by atoms with Crippen molar-refractivity contribution in [1.29, 1.82) is 0 Å². The Morgan fingerprint density at radius 1 is 1.35 bits per heavy atom. The third kappa shape index (κ3) is 4.77. The lowest BCUT2D eigenvalue weighted by molar-refractivity contribution is -0.146. The molecule has 0 heterocycles. The summed E-state index contributed by atoms with van der Waals surface area (Å²) in [5.41, 5.74) is 5.82.